The molecule has 1 fully saturated rings. The maximum Gasteiger partial charge on any atom is 0.324 e. The molecule has 1 aliphatic carbocycles. The van der Waals surface area contributed by atoms with Gasteiger partial charge in [0.2, 0.25) is 0 Å². The van der Waals surface area contributed by atoms with E-state index in [1.54, 1.807) is 6.92 Å². The fraction of sp³-hybridized carbons (Fsp3) is 0.917. The standard InChI is InChI=1S/C12H23NO2S/c1-9(2)13-12(3,11(14)15)8-16-10-6-4-5-7-10/h9-10,13H,4-8H2,1-3H3,(H,14,15). The normalized spacial score (nSPS) is 21.2. The van der Waals surface area contributed by atoms with Crippen molar-refractivity contribution in [2.24, 2.45) is 0 Å². The predicted molar refractivity (Wildman–Crippen MR) is 69.0 cm³/mol. The van der Waals surface area contributed by atoms with Crippen LogP contribution in [0.25, 0.3) is 0 Å². The van der Waals surface area contributed by atoms with Crippen molar-refractivity contribution < 1.29 is 9.90 Å². The van der Waals surface area contributed by atoms with Crippen LogP contribution in [0, 0.1) is 0 Å². The summed E-state index contributed by atoms with van der Waals surface area (Å²) in [7, 11) is 0. The molecular weight excluding hydrogens is 222 g/mol. The first-order valence-corrected chi connectivity index (χ1v) is 7.11. The van der Waals surface area contributed by atoms with E-state index in [1.807, 2.05) is 25.6 Å². The highest BCUT2D eigenvalue weighted by Crippen LogP contribution is 2.31. The Morgan fingerprint density at radius 2 is 2.06 bits per heavy atom. The molecule has 0 aromatic heterocycles. The fourth-order valence-electron chi connectivity index (χ4n) is 2.14. The van der Waals surface area contributed by atoms with Gasteiger partial charge in [-0.15, -0.1) is 0 Å². The summed E-state index contributed by atoms with van der Waals surface area (Å²) in [4.78, 5) is 11.3. The first-order valence-electron chi connectivity index (χ1n) is 6.07. The number of carboxylic acid groups (broad SMARTS) is 1. The molecule has 0 saturated heterocycles. The Morgan fingerprint density at radius 1 is 1.50 bits per heavy atom. The van der Waals surface area contributed by atoms with Gasteiger partial charge < -0.3 is 5.11 Å². The third-order valence-corrected chi connectivity index (χ3v) is 4.68. The van der Waals surface area contributed by atoms with E-state index in [-0.39, 0.29) is 6.04 Å². The van der Waals surface area contributed by atoms with E-state index in [0.717, 1.165) is 0 Å². The lowest BCUT2D eigenvalue weighted by Gasteiger charge is -2.29. The van der Waals surface area contributed by atoms with Crippen LogP contribution in [-0.4, -0.2) is 33.7 Å². The zero-order valence-electron chi connectivity index (χ0n) is 10.5. The van der Waals surface area contributed by atoms with Gasteiger partial charge >= 0.3 is 5.97 Å². The Bertz CT molecular complexity index is 239. The van der Waals surface area contributed by atoms with Crippen molar-refractivity contribution in [1.82, 2.24) is 5.32 Å². The molecule has 0 heterocycles. The Kier molecular flexibility index (Phi) is 5.12. The summed E-state index contributed by atoms with van der Waals surface area (Å²) < 4.78 is 0. The molecular formula is C12H23NO2S. The third-order valence-electron chi connectivity index (χ3n) is 2.99. The lowest BCUT2D eigenvalue weighted by molar-refractivity contribution is -0.143. The van der Waals surface area contributed by atoms with Gasteiger partial charge in [0.1, 0.15) is 5.54 Å². The summed E-state index contributed by atoms with van der Waals surface area (Å²) in [5, 5.41) is 13.1. The van der Waals surface area contributed by atoms with E-state index < -0.39 is 11.5 Å². The summed E-state index contributed by atoms with van der Waals surface area (Å²) in [5.74, 6) is -0.0859. The molecule has 0 radical (unpaired) electrons. The quantitative estimate of drug-likeness (QED) is 0.755. The Labute approximate surface area is 102 Å². The molecule has 3 nitrogen and oxygen atoms in total. The second kappa shape index (κ2) is 5.92. The first-order chi connectivity index (χ1) is 7.44. The molecule has 0 aromatic rings. The van der Waals surface area contributed by atoms with Gasteiger partial charge in [-0.1, -0.05) is 12.8 Å². The zero-order valence-corrected chi connectivity index (χ0v) is 11.3. The van der Waals surface area contributed by atoms with Crippen LogP contribution in [-0.2, 0) is 4.79 Å². The SMILES string of the molecule is CC(C)NC(C)(CSC1CCCC1)C(=O)O. The summed E-state index contributed by atoms with van der Waals surface area (Å²) in [6.45, 7) is 5.76. The monoisotopic (exact) mass is 245 g/mol. The van der Waals surface area contributed by atoms with E-state index >= 15 is 0 Å². The second-order valence-corrected chi connectivity index (χ2v) is 6.44. The van der Waals surface area contributed by atoms with Crippen LogP contribution < -0.4 is 5.32 Å². The van der Waals surface area contributed by atoms with Gasteiger partial charge in [0.15, 0.2) is 0 Å². The van der Waals surface area contributed by atoms with Crippen molar-refractivity contribution in [3.63, 3.8) is 0 Å². The van der Waals surface area contributed by atoms with E-state index in [2.05, 4.69) is 5.32 Å². The van der Waals surface area contributed by atoms with E-state index in [9.17, 15) is 9.90 Å². The summed E-state index contributed by atoms with van der Waals surface area (Å²) in [5.41, 5.74) is -0.790. The van der Waals surface area contributed by atoms with Crippen molar-refractivity contribution in [2.45, 2.75) is 63.3 Å². The zero-order chi connectivity index (χ0) is 12.2. The molecule has 0 bridgehead atoms. The lowest BCUT2D eigenvalue weighted by Crippen LogP contribution is -2.54. The number of hydrogen-bond acceptors (Lipinski definition) is 3. The van der Waals surface area contributed by atoms with Gasteiger partial charge in [0, 0.05) is 17.0 Å². The number of aliphatic carboxylic acids is 1. The highest BCUT2D eigenvalue weighted by molar-refractivity contribution is 8.00. The van der Waals surface area contributed by atoms with Gasteiger partial charge in [-0.3, -0.25) is 10.1 Å². The van der Waals surface area contributed by atoms with Gasteiger partial charge in [0.25, 0.3) is 0 Å². The second-order valence-electron chi connectivity index (χ2n) is 5.15. The molecule has 94 valence electrons. The van der Waals surface area contributed by atoms with Gasteiger partial charge in [-0.25, -0.2) is 0 Å². The maximum absolute atomic E-state index is 11.3. The van der Waals surface area contributed by atoms with Gasteiger partial charge in [0.05, 0.1) is 0 Å². The molecule has 1 atom stereocenters. The van der Waals surface area contributed by atoms with Crippen LogP contribution in [0.1, 0.15) is 46.5 Å². The average Bonchev–Trinajstić information content (AvgIpc) is 2.65. The third kappa shape index (κ3) is 3.98. The molecule has 0 amide bonds. The highest BCUT2D eigenvalue weighted by Gasteiger charge is 2.34. The molecule has 0 spiro atoms. The van der Waals surface area contributed by atoms with E-state index in [4.69, 9.17) is 0 Å². The predicted octanol–water partition coefficient (Wildman–Crippen LogP) is 2.50. The average molecular weight is 245 g/mol. The molecule has 1 aliphatic rings. The Balaban J connectivity index is 2.46. The minimum Gasteiger partial charge on any atom is -0.480 e. The van der Waals surface area contributed by atoms with Crippen molar-refractivity contribution >= 4 is 17.7 Å². The molecule has 16 heavy (non-hydrogen) atoms. The van der Waals surface area contributed by atoms with Crippen LogP contribution in [0.4, 0.5) is 0 Å². The maximum atomic E-state index is 11.3. The van der Waals surface area contributed by atoms with Crippen LogP contribution >= 0.6 is 11.8 Å². The van der Waals surface area contributed by atoms with Gasteiger partial charge in [-0.05, 0) is 33.6 Å². The van der Waals surface area contributed by atoms with Crippen LogP contribution in [0.5, 0.6) is 0 Å². The smallest absolute Gasteiger partial charge is 0.324 e. The number of rotatable bonds is 6. The minimum atomic E-state index is -0.790. The number of hydrogen-bond donors (Lipinski definition) is 2. The Hall–Kier alpha value is -0.220. The number of thioether (sulfide) groups is 1. The van der Waals surface area contributed by atoms with Crippen molar-refractivity contribution in [1.29, 1.82) is 0 Å². The molecule has 1 unspecified atom stereocenters. The van der Waals surface area contributed by atoms with Crippen LogP contribution in [0.2, 0.25) is 0 Å². The Morgan fingerprint density at radius 3 is 2.50 bits per heavy atom. The molecule has 0 aromatic carbocycles. The number of carbonyl (C=O) groups is 1. The summed E-state index contributed by atoms with van der Waals surface area (Å²) in [6.07, 6.45) is 5.11. The largest absolute Gasteiger partial charge is 0.480 e. The summed E-state index contributed by atoms with van der Waals surface area (Å²) in [6, 6.07) is 0.199. The van der Waals surface area contributed by atoms with Crippen molar-refractivity contribution in [3.8, 4) is 0 Å². The molecule has 2 N–H and O–H groups in total. The van der Waals surface area contributed by atoms with Crippen molar-refractivity contribution in [3.05, 3.63) is 0 Å². The van der Waals surface area contributed by atoms with Crippen LogP contribution in [0.3, 0.4) is 0 Å². The number of carboxylic acids is 1. The molecule has 4 heteroatoms. The molecule has 1 saturated carbocycles. The highest BCUT2D eigenvalue weighted by atomic mass is 32.2. The lowest BCUT2D eigenvalue weighted by atomic mass is 10.1. The minimum absolute atomic E-state index is 0.199. The molecule has 0 aliphatic heterocycles. The molecule has 1 rings (SSSR count). The summed E-state index contributed by atoms with van der Waals surface area (Å²) >= 11 is 1.82. The van der Waals surface area contributed by atoms with Crippen molar-refractivity contribution in [2.75, 3.05) is 5.75 Å². The van der Waals surface area contributed by atoms with Crippen LogP contribution in [0.15, 0.2) is 0 Å². The number of nitrogens with one attached hydrogen (secondary N) is 1. The van der Waals surface area contributed by atoms with E-state index in [0.29, 0.717) is 11.0 Å². The topological polar surface area (TPSA) is 49.3 Å². The first kappa shape index (κ1) is 13.8. The van der Waals surface area contributed by atoms with Gasteiger partial charge in [-0.2, -0.15) is 11.8 Å². The fourth-order valence-corrected chi connectivity index (χ4v) is 3.58. The van der Waals surface area contributed by atoms with E-state index in [1.165, 1.54) is 25.7 Å².